The van der Waals surface area contributed by atoms with E-state index in [-0.39, 0.29) is 12.2 Å². The summed E-state index contributed by atoms with van der Waals surface area (Å²) in [6.07, 6.45) is 0. The van der Waals surface area contributed by atoms with E-state index in [0.29, 0.717) is 10.8 Å². The fourth-order valence-corrected chi connectivity index (χ4v) is 2.74. The highest BCUT2D eigenvalue weighted by molar-refractivity contribution is 7.13. The lowest BCUT2D eigenvalue weighted by Gasteiger charge is -2.06. The van der Waals surface area contributed by atoms with E-state index >= 15 is 0 Å². The SMILES string of the molecule is O=C(OCc1csc(Nc2ccccc2)n1)c1cc(O)c(O)c(O)c1. The maximum absolute atomic E-state index is 12.0. The summed E-state index contributed by atoms with van der Waals surface area (Å²) in [6, 6.07) is 11.6. The first-order chi connectivity index (χ1) is 12.0. The van der Waals surface area contributed by atoms with Gasteiger partial charge in [0.2, 0.25) is 0 Å². The Morgan fingerprint density at radius 3 is 2.48 bits per heavy atom. The zero-order chi connectivity index (χ0) is 17.8. The molecule has 0 aliphatic rings. The molecule has 1 aromatic heterocycles. The predicted molar refractivity (Wildman–Crippen MR) is 92.4 cm³/mol. The second kappa shape index (κ2) is 7.10. The van der Waals surface area contributed by atoms with Gasteiger partial charge in [0, 0.05) is 11.1 Å². The molecule has 128 valence electrons. The molecule has 0 spiro atoms. The van der Waals surface area contributed by atoms with E-state index in [2.05, 4.69) is 10.3 Å². The Kier molecular flexibility index (Phi) is 4.71. The molecule has 4 N–H and O–H groups in total. The fraction of sp³-hybridized carbons (Fsp3) is 0.0588. The van der Waals surface area contributed by atoms with E-state index in [9.17, 15) is 20.1 Å². The Morgan fingerprint density at radius 2 is 1.80 bits per heavy atom. The average molecular weight is 358 g/mol. The van der Waals surface area contributed by atoms with Crippen LogP contribution in [0.15, 0.2) is 47.8 Å². The first-order valence-corrected chi connectivity index (χ1v) is 8.09. The Morgan fingerprint density at radius 1 is 1.12 bits per heavy atom. The number of aromatic nitrogens is 1. The van der Waals surface area contributed by atoms with Crippen LogP contribution in [-0.2, 0) is 11.3 Å². The van der Waals surface area contributed by atoms with Crippen LogP contribution >= 0.6 is 11.3 Å². The lowest BCUT2D eigenvalue weighted by Crippen LogP contribution is -2.05. The molecule has 3 rings (SSSR count). The number of carbonyl (C=O) groups is 1. The summed E-state index contributed by atoms with van der Waals surface area (Å²) in [4.78, 5) is 16.3. The number of nitrogens with one attached hydrogen (secondary N) is 1. The second-order valence-electron chi connectivity index (χ2n) is 5.07. The zero-order valence-corrected chi connectivity index (χ0v) is 13.7. The molecule has 7 nitrogen and oxygen atoms in total. The smallest absolute Gasteiger partial charge is 0.338 e. The monoisotopic (exact) mass is 358 g/mol. The third kappa shape index (κ3) is 3.99. The molecule has 0 aliphatic carbocycles. The molecule has 25 heavy (non-hydrogen) atoms. The van der Waals surface area contributed by atoms with Crippen LogP contribution in [0, 0.1) is 0 Å². The van der Waals surface area contributed by atoms with Crippen molar-refractivity contribution in [2.45, 2.75) is 6.61 Å². The minimum Gasteiger partial charge on any atom is -0.504 e. The van der Waals surface area contributed by atoms with Gasteiger partial charge in [-0.15, -0.1) is 11.3 Å². The van der Waals surface area contributed by atoms with Gasteiger partial charge in [0.1, 0.15) is 6.61 Å². The lowest BCUT2D eigenvalue weighted by molar-refractivity contribution is 0.0467. The number of nitrogens with zero attached hydrogens (tertiary/aromatic N) is 1. The third-order valence-corrected chi connectivity index (χ3v) is 4.04. The molecule has 0 bridgehead atoms. The lowest BCUT2D eigenvalue weighted by atomic mass is 10.2. The summed E-state index contributed by atoms with van der Waals surface area (Å²) in [6.45, 7) is -0.0613. The predicted octanol–water partition coefficient (Wildman–Crippen LogP) is 3.36. The highest BCUT2D eigenvalue weighted by atomic mass is 32.1. The summed E-state index contributed by atoms with van der Waals surface area (Å²) in [5, 5.41) is 33.7. The average Bonchev–Trinajstić information content (AvgIpc) is 3.05. The topological polar surface area (TPSA) is 112 Å². The van der Waals surface area contributed by atoms with E-state index in [0.717, 1.165) is 17.8 Å². The number of phenolic OH excluding ortho intramolecular Hbond substituents is 3. The van der Waals surface area contributed by atoms with Crippen molar-refractivity contribution >= 4 is 28.1 Å². The molecule has 0 radical (unpaired) electrons. The quantitative estimate of drug-likeness (QED) is 0.409. The van der Waals surface area contributed by atoms with Crippen LogP contribution < -0.4 is 5.32 Å². The first-order valence-electron chi connectivity index (χ1n) is 7.21. The molecule has 0 fully saturated rings. The number of hydrogen-bond acceptors (Lipinski definition) is 8. The molecule has 0 atom stereocenters. The molecular weight excluding hydrogens is 344 g/mol. The number of phenols is 3. The van der Waals surface area contributed by atoms with Crippen molar-refractivity contribution in [3.63, 3.8) is 0 Å². The Labute approximate surface area is 146 Å². The van der Waals surface area contributed by atoms with Gasteiger partial charge in [0.05, 0.1) is 11.3 Å². The van der Waals surface area contributed by atoms with Crippen LogP contribution in [0.4, 0.5) is 10.8 Å². The summed E-state index contributed by atoms with van der Waals surface area (Å²) in [5.41, 5.74) is 1.38. The fourth-order valence-electron chi connectivity index (χ4n) is 2.02. The van der Waals surface area contributed by atoms with Crippen LogP contribution in [0.3, 0.4) is 0 Å². The maximum Gasteiger partial charge on any atom is 0.338 e. The van der Waals surface area contributed by atoms with Crippen molar-refractivity contribution in [1.29, 1.82) is 0 Å². The summed E-state index contributed by atoms with van der Waals surface area (Å²) >= 11 is 1.37. The number of rotatable bonds is 5. The number of para-hydroxylation sites is 1. The van der Waals surface area contributed by atoms with E-state index < -0.39 is 23.2 Å². The number of hydrogen-bond donors (Lipinski definition) is 4. The van der Waals surface area contributed by atoms with Crippen molar-refractivity contribution in [3.05, 3.63) is 59.1 Å². The molecule has 0 aliphatic heterocycles. The Balaban J connectivity index is 1.61. The molecule has 2 aromatic carbocycles. The maximum atomic E-state index is 12.0. The number of thiazole rings is 1. The van der Waals surface area contributed by atoms with Crippen molar-refractivity contribution in [1.82, 2.24) is 4.98 Å². The molecule has 1 heterocycles. The van der Waals surface area contributed by atoms with Crippen LogP contribution in [0.2, 0.25) is 0 Å². The number of ether oxygens (including phenoxy) is 1. The summed E-state index contributed by atoms with van der Waals surface area (Å²) in [5.74, 6) is -2.64. The van der Waals surface area contributed by atoms with Gasteiger partial charge >= 0.3 is 5.97 Å². The standard InChI is InChI=1S/C17H14N2O5S/c20-13-6-10(7-14(21)15(13)22)16(23)24-8-12-9-25-17(19-12)18-11-4-2-1-3-5-11/h1-7,9,20-22H,8H2,(H,18,19). The number of benzene rings is 2. The van der Waals surface area contributed by atoms with Crippen molar-refractivity contribution in [3.8, 4) is 17.2 Å². The van der Waals surface area contributed by atoms with Crippen LogP contribution in [0.25, 0.3) is 0 Å². The number of carbonyl (C=O) groups excluding carboxylic acids is 1. The molecule has 8 heteroatoms. The molecular formula is C17H14N2O5S. The summed E-state index contributed by atoms with van der Waals surface area (Å²) < 4.78 is 5.10. The van der Waals surface area contributed by atoms with Gasteiger partial charge in [0.15, 0.2) is 22.4 Å². The van der Waals surface area contributed by atoms with Crippen molar-refractivity contribution in [2.75, 3.05) is 5.32 Å². The van der Waals surface area contributed by atoms with E-state index in [1.807, 2.05) is 30.3 Å². The van der Waals surface area contributed by atoms with Gasteiger partial charge in [-0.1, -0.05) is 18.2 Å². The Bertz CT molecular complexity index is 872. The van der Waals surface area contributed by atoms with Crippen molar-refractivity contribution < 1.29 is 24.9 Å². The van der Waals surface area contributed by atoms with Crippen LogP contribution in [-0.4, -0.2) is 26.3 Å². The minimum absolute atomic E-state index is 0.0613. The van der Waals surface area contributed by atoms with E-state index in [1.54, 1.807) is 5.38 Å². The molecule has 0 saturated carbocycles. The molecule has 0 amide bonds. The van der Waals surface area contributed by atoms with Gasteiger partial charge in [-0.25, -0.2) is 9.78 Å². The van der Waals surface area contributed by atoms with Gasteiger partial charge in [-0.2, -0.15) is 0 Å². The van der Waals surface area contributed by atoms with Gasteiger partial charge in [0.25, 0.3) is 0 Å². The van der Waals surface area contributed by atoms with Crippen LogP contribution in [0.1, 0.15) is 16.1 Å². The van der Waals surface area contributed by atoms with E-state index in [4.69, 9.17) is 4.74 Å². The van der Waals surface area contributed by atoms with E-state index in [1.165, 1.54) is 11.3 Å². The normalized spacial score (nSPS) is 10.4. The highest BCUT2D eigenvalue weighted by Gasteiger charge is 2.15. The van der Waals surface area contributed by atoms with Gasteiger partial charge < -0.3 is 25.4 Å². The first kappa shape index (κ1) is 16.6. The minimum atomic E-state index is -0.754. The number of esters is 1. The Hall–Kier alpha value is -3.26. The largest absolute Gasteiger partial charge is 0.504 e. The zero-order valence-electron chi connectivity index (χ0n) is 12.8. The third-order valence-electron chi connectivity index (χ3n) is 3.23. The van der Waals surface area contributed by atoms with Crippen LogP contribution in [0.5, 0.6) is 17.2 Å². The second-order valence-corrected chi connectivity index (χ2v) is 5.93. The molecule has 0 unspecified atom stereocenters. The summed E-state index contributed by atoms with van der Waals surface area (Å²) in [7, 11) is 0. The number of aromatic hydroxyl groups is 3. The highest BCUT2D eigenvalue weighted by Crippen LogP contribution is 2.35. The molecule has 0 saturated heterocycles. The van der Waals surface area contributed by atoms with Gasteiger partial charge in [-0.05, 0) is 24.3 Å². The van der Waals surface area contributed by atoms with Gasteiger partial charge in [-0.3, -0.25) is 0 Å². The number of anilines is 2. The molecule has 3 aromatic rings. The van der Waals surface area contributed by atoms with Crippen molar-refractivity contribution in [2.24, 2.45) is 0 Å².